The molecule has 24 heavy (non-hydrogen) atoms. The molecule has 1 aliphatic carbocycles. The zero-order valence-corrected chi connectivity index (χ0v) is 13.3. The minimum atomic E-state index is -0.824. The maximum absolute atomic E-state index is 13.8. The van der Waals surface area contributed by atoms with Gasteiger partial charge in [0.2, 0.25) is 0 Å². The van der Waals surface area contributed by atoms with Crippen molar-refractivity contribution < 1.29 is 14.3 Å². The summed E-state index contributed by atoms with van der Waals surface area (Å²) >= 11 is 6.16. The number of benzene rings is 2. The van der Waals surface area contributed by atoms with Gasteiger partial charge in [-0.1, -0.05) is 29.8 Å². The quantitative estimate of drug-likeness (QED) is 0.706. The first-order chi connectivity index (χ1) is 11.5. The highest BCUT2D eigenvalue weighted by Crippen LogP contribution is 2.53. The lowest BCUT2D eigenvalue weighted by atomic mass is 9.87. The number of aromatic nitrogens is 1. The molecule has 0 amide bonds. The van der Waals surface area contributed by atoms with Crippen molar-refractivity contribution in [3.8, 4) is 5.75 Å². The van der Waals surface area contributed by atoms with E-state index < -0.39 is 17.0 Å². The van der Waals surface area contributed by atoms with Crippen LogP contribution < -0.4 is 0 Å². The van der Waals surface area contributed by atoms with Crippen LogP contribution in [0.4, 0.5) is 4.39 Å². The molecular weight excluding hydrogens is 329 g/mol. The fourth-order valence-electron chi connectivity index (χ4n) is 3.12. The van der Waals surface area contributed by atoms with Gasteiger partial charge in [-0.3, -0.25) is 9.78 Å². The average molecular weight is 342 g/mol. The van der Waals surface area contributed by atoms with Crippen LogP contribution in [0.1, 0.15) is 28.8 Å². The fraction of sp³-hybridized carbons (Fsp3) is 0.158. The van der Waals surface area contributed by atoms with Crippen molar-refractivity contribution in [2.45, 2.75) is 18.3 Å². The molecule has 0 saturated heterocycles. The lowest BCUT2D eigenvalue weighted by Gasteiger charge is -2.17. The molecule has 0 bridgehead atoms. The van der Waals surface area contributed by atoms with Gasteiger partial charge in [0.05, 0.1) is 10.9 Å². The first kappa shape index (κ1) is 15.1. The van der Waals surface area contributed by atoms with Gasteiger partial charge in [-0.2, -0.15) is 0 Å². The predicted octanol–water partition coefficient (Wildman–Crippen LogP) is 4.65. The second kappa shape index (κ2) is 5.28. The topological polar surface area (TPSA) is 50.2 Å². The maximum atomic E-state index is 13.8. The summed E-state index contributed by atoms with van der Waals surface area (Å²) in [6.45, 7) is 0. The number of nitrogens with zero attached hydrogens (tertiary/aromatic N) is 1. The smallest absolute Gasteiger partial charge is 0.174 e. The molecule has 0 atom stereocenters. The number of carbonyl (C=O) groups is 1. The van der Waals surface area contributed by atoms with E-state index in [0.717, 1.165) is 23.0 Å². The van der Waals surface area contributed by atoms with E-state index in [1.807, 2.05) is 24.3 Å². The van der Waals surface area contributed by atoms with Crippen molar-refractivity contribution in [1.82, 2.24) is 4.98 Å². The summed E-state index contributed by atoms with van der Waals surface area (Å²) in [4.78, 5) is 17.4. The van der Waals surface area contributed by atoms with Crippen molar-refractivity contribution in [3.63, 3.8) is 0 Å². The predicted molar refractivity (Wildman–Crippen MR) is 90.1 cm³/mol. The van der Waals surface area contributed by atoms with Crippen LogP contribution in [0.3, 0.4) is 0 Å². The molecular formula is C19H13ClFNO2. The van der Waals surface area contributed by atoms with E-state index in [1.54, 1.807) is 12.3 Å². The Bertz CT molecular complexity index is 982. The number of phenolic OH excluding ortho intramolecular Hbond substituents is 1. The summed E-state index contributed by atoms with van der Waals surface area (Å²) in [5, 5.41) is 10.5. The number of phenols is 1. The van der Waals surface area contributed by atoms with Crippen molar-refractivity contribution in [2.75, 3.05) is 0 Å². The van der Waals surface area contributed by atoms with Crippen LogP contribution >= 0.6 is 11.6 Å². The molecule has 1 heterocycles. The van der Waals surface area contributed by atoms with Crippen molar-refractivity contribution in [3.05, 3.63) is 70.6 Å². The zero-order chi connectivity index (χ0) is 16.9. The zero-order valence-electron chi connectivity index (χ0n) is 12.6. The number of carbonyl (C=O) groups excluding carboxylic acids is 1. The normalized spacial score (nSPS) is 15.4. The maximum Gasteiger partial charge on any atom is 0.174 e. The van der Waals surface area contributed by atoms with Crippen LogP contribution in [0.15, 0.2) is 48.7 Å². The van der Waals surface area contributed by atoms with Gasteiger partial charge >= 0.3 is 0 Å². The van der Waals surface area contributed by atoms with Crippen molar-refractivity contribution in [1.29, 1.82) is 0 Å². The third-order valence-electron chi connectivity index (χ3n) is 4.59. The number of fused-ring (bicyclic) bond motifs is 1. The van der Waals surface area contributed by atoms with Crippen LogP contribution in [-0.2, 0) is 5.41 Å². The lowest BCUT2D eigenvalue weighted by molar-refractivity contribution is 0.0945. The second-order valence-corrected chi connectivity index (χ2v) is 6.52. The molecule has 1 aliphatic rings. The Balaban J connectivity index is 1.79. The molecule has 0 radical (unpaired) electrons. The van der Waals surface area contributed by atoms with Gasteiger partial charge in [0.25, 0.3) is 0 Å². The third-order valence-corrected chi connectivity index (χ3v) is 4.90. The Morgan fingerprint density at radius 2 is 1.96 bits per heavy atom. The highest BCUT2D eigenvalue weighted by Gasteiger charge is 2.52. The molecule has 3 aromatic rings. The van der Waals surface area contributed by atoms with Gasteiger partial charge in [-0.25, -0.2) is 4.39 Å². The molecule has 3 nitrogen and oxygen atoms in total. The monoisotopic (exact) mass is 341 g/mol. The Morgan fingerprint density at radius 3 is 2.71 bits per heavy atom. The third kappa shape index (κ3) is 2.26. The van der Waals surface area contributed by atoms with E-state index >= 15 is 0 Å². The molecule has 2 aromatic carbocycles. The molecule has 1 saturated carbocycles. The SMILES string of the molecule is O=C(c1cnc2ccccc2c1)C1(c2cc(F)c(O)cc2Cl)CC1. The Kier molecular flexibility index (Phi) is 3.32. The van der Waals surface area contributed by atoms with E-state index in [2.05, 4.69) is 4.98 Å². The number of halogens is 2. The minimum absolute atomic E-state index is 0.118. The van der Waals surface area contributed by atoms with E-state index in [9.17, 15) is 14.3 Å². The van der Waals surface area contributed by atoms with Crippen LogP contribution in [0.2, 0.25) is 5.02 Å². The summed E-state index contributed by atoms with van der Waals surface area (Å²) in [5.74, 6) is -1.41. The summed E-state index contributed by atoms with van der Waals surface area (Å²) in [5.41, 5.74) is 0.899. The standard InChI is InChI=1S/C19H13ClFNO2/c20-14-9-17(23)15(21)8-13(14)19(5-6-19)18(24)12-7-11-3-1-2-4-16(11)22-10-12/h1-4,7-10,23H,5-6H2. The van der Waals surface area contributed by atoms with Gasteiger partial charge in [-0.15, -0.1) is 0 Å². The molecule has 1 N–H and O–H groups in total. The number of pyridine rings is 1. The Hall–Kier alpha value is -2.46. The molecule has 120 valence electrons. The van der Waals surface area contributed by atoms with E-state index in [1.165, 1.54) is 0 Å². The average Bonchev–Trinajstić information content (AvgIpc) is 3.38. The first-order valence-electron chi connectivity index (χ1n) is 7.59. The molecule has 0 aliphatic heterocycles. The number of rotatable bonds is 3. The molecule has 1 fully saturated rings. The van der Waals surface area contributed by atoms with Crippen molar-refractivity contribution in [2.24, 2.45) is 0 Å². The van der Waals surface area contributed by atoms with Gasteiger partial charge < -0.3 is 5.11 Å². The molecule has 4 rings (SSSR count). The highest BCUT2D eigenvalue weighted by atomic mass is 35.5. The molecule has 0 unspecified atom stereocenters. The molecule has 5 heteroatoms. The van der Waals surface area contributed by atoms with Gasteiger partial charge in [0.15, 0.2) is 17.3 Å². The van der Waals surface area contributed by atoms with E-state index in [-0.39, 0.29) is 10.8 Å². The largest absolute Gasteiger partial charge is 0.505 e. The highest BCUT2D eigenvalue weighted by molar-refractivity contribution is 6.32. The van der Waals surface area contributed by atoms with Crippen LogP contribution in [0.25, 0.3) is 10.9 Å². The summed E-state index contributed by atoms with van der Waals surface area (Å²) in [6.07, 6.45) is 2.75. The summed E-state index contributed by atoms with van der Waals surface area (Å²) < 4.78 is 13.8. The van der Waals surface area contributed by atoms with Gasteiger partial charge in [0.1, 0.15) is 0 Å². The first-order valence-corrected chi connectivity index (χ1v) is 7.97. The summed E-state index contributed by atoms with van der Waals surface area (Å²) in [7, 11) is 0. The van der Waals surface area contributed by atoms with Crippen LogP contribution in [0, 0.1) is 5.82 Å². The fourth-order valence-corrected chi connectivity index (χ4v) is 3.46. The van der Waals surface area contributed by atoms with Crippen LogP contribution in [-0.4, -0.2) is 15.9 Å². The van der Waals surface area contributed by atoms with Crippen LogP contribution in [0.5, 0.6) is 5.75 Å². The van der Waals surface area contributed by atoms with Crippen molar-refractivity contribution >= 4 is 28.3 Å². The number of hydrogen-bond donors (Lipinski definition) is 1. The van der Waals surface area contributed by atoms with Gasteiger partial charge in [0, 0.05) is 28.2 Å². The number of Topliss-reactive ketones (excluding diaryl/α,β-unsaturated/α-hetero) is 1. The lowest BCUT2D eigenvalue weighted by Crippen LogP contribution is -2.21. The van der Waals surface area contributed by atoms with E-state index in [4.69, 9.17) is 11.6 Å². The Labute approximate surface area is 142 Å². The van der Waals surface area contributed by atoms with Gasteiger partial charge in [-0.05, 0) is 36.6 Å². The number of hydrogen-bond acceptors (Lipinski definition) is 3. The number of para-hydroxylation sites is 1. The second-order valence-electron chi connectivity index (χ2n) is 6.11. The van der Waals surface area contributed by atoms with E-state index in [0.29, 0.717) is 24.0 Å². The number of ketones is 1. The molecule has 0 spiro atoms. The summed E-state index contributed by atoms with van der Waals surface area (Å²) in [6, 6.07) is 11.7. The Morgan fingerprint density at radius 1 is 1.21 bits per heavy atom. The number of aromatic hydroxyl groups is 1. The minimum Gasteiger partial charge on any atom is -0.505 e. The molecule has 1 aromatic heterocycles.